The maximum absolute atomic E-state index is 12.9. The number of hydrogen-bond acceptors (Lipinski definition) is 7. The molecular weight excluding hydrogens is 398 g/mol. The third kappa shape index (κ3) is 4.52. The van der Waals surface area contributed by atoms with Gasteiger partial charge in [0, 0.05) is 61.0 Å². The molecule has 3 aromatic rings. The molecule has 0 fully saturated rings. The molecule has 0 aliphatic carbocycles. The number of fused-ring (bicyclic) bond motifs is 1. The van der Waals surface area contributed by atoms with Crippen LogP contribution >= 0.6 is 11.3 Å². The third-order valence-electron chi connectivity index (χ3n) is 5.19. The lowest BCUT2D eigenvalue weighted by molar-refractivity contribution is 0.102. The summed E-state index contributed by atoms with van der Waals surface area (Å²) in [6, 6.07) is 1.97. The summed E-state index contributed by atoms with van der Waals surface area (Å²) in [5.74, 6) is 1.48. The van der Waals surface area contributed by atoms with Gasteiger partial charge in [-0.3, -0.25) is 14.4 Å². The molecule has 3 aromatic heterocycles. The largest absolute Gasteiger partial charge is 0.368 e. The summed E-state index contributed by atoms with van der Waals surface area (Å²) in [6.07, 6.45) is 5.28. The molecule has 0 atom stereocenters. The van der Waals surface area contributed by atoms with Crippen molar-refractivity contribution in [3.8, 4) is 0 Å². The highest BCUT2D eigenvalue weighted by molar-refractivity contribution is 7.10. The van der Waals surface area contributed by atoms with Crippen molar-refractivity contribution in [3.05, 3.63) is 51.1 Å². The summed E-state index contributed by atoms with van der Waals surface area (Å²) in [6.45, 7) is 6.80. The van der Waals surface area contributed by atoms with Gasteiger partial charge in [0.1, 0.15) is 5.82 Å². The minimum Gasteiger partial charge on any atom is -0.368 e. The average molecular weight is 426 g/mol. The van der Waals surface area contributed by atoms with Gasteiger partial charge in [-0.05, 0) is 24.3 Å². The Hall–Kier alpha value is -2.78. The van der Waals surface area contributed by atoms with Gasteiger partial charge in [0.25, 0.3) is 5.91 Å². The monoisotopic (exact) mass is 425 g/mol. The number of nitrogens with two attached hydrogens (primary N) is 1. The van der Waals surface area contributed by atoms with Gasteiger partial charge >= 0.3 is 0 Å². The van der Waals surface area contributed by atoms with Crippen molar-refractivity contribution in [1.29, 1.82) is 0 Å². The fraction of sp³-hybridized carbons (Fsp3) is 0.429. The lowest BCUT2D eigenvalue weighted by atomic mass is 10.0. The van der Waals surface area contributed by atoms with Gasteiger partial charge in [-0.2, -0.15) is 5.10 Å². The second kappa shape index (κ2) is 8.53. The Labute approximate surface area is 180 Å². The Morgan fingerprint density at radius 2 is 2.10 bits per heavy atom. The summed E-state index contributed by atoms with van der Waals surface area (Å²) in [4.78, 5) is 24.7. The van der Waals surface area contributed by atoms with Crippen LogP contribution in [0.4, 0.5) is 11.8 Å². The van der Waals surface area contributed by atoms with Gasteiger partial charge in [0.15, 0.2) is 0 Å². The average Bonchev–Trinajstić information content (AvgIpc) is 3.26. The molecule has 1 aliphatic heterocycles. The molecule has 30 heavy (non-hydrogen) atoms. The summed E-state index contributed by atoms with van der Waals surface area (Å²) in [5.41, 5.74) is 9.53. The normalized spacial score (nSPS) is 14.1. The zero-order chi connectivity index (χ0) is 21.3. The number of nitrogens with zero attached hydrogens (tertiary/aromatic N) is 5. The third-order valence-corrected chi connectivity index (χ3v) is 6.21. The van der Waals surface area contributed by atoms with Crippen LogP contribution in [0.25, 0.3) is 0 Å². The number of thiophene rings is 1. The topological polar surface area (TPSA) is 102 Å². The molecule has 3 N–H and O–H groups in total. The number of carbonyl (C=O) groups is 1. The second-order valence-corrected chi connectivity index (χ2v) is 9.12. The van der Waals surface area contributed by atoms with Gasteiger partial charge in [-0.1, -0.05) is 13.8 Å². The molecule has 158 valence electrons. The van der Waals surface area contributed by atoms with E-state index in [0.29, 0.717) is 11.9 Å². The van der Waals surface area contributed by atoms with E-state index >= 15 is 0 Å². The van der Waals surface area contributed by atoms with Crippen molar-refractivity contribution in [2.45, 2.75) is 39.8 Å². The first-order valence-electron chi connectivity index (χ1n) is 10.1. The van der Waals surface area contributed by atoms with Crippen molar-refractivity contribution < 1.29 is 4.79 Å². The minimum absolute atomic E-state index is 0.0630. The molecule has 4 heterocycles. The van der Waals surface area contributed by atoms with E-state index in [1.807, 2.05) is 18.5 Å². The van der Waals surface area contributed by atoms with Crippen LogP contribution in [0.3, 0.4) is 0 Å². The summed E-state index contributed by atoms with van der Waals surface area (Å²) in [7, 11) is 1.86. The van der Waals surface area contributed by atoms with E-state index in [9.17, 15) is 4.79 Å². The number of aromatic nitrogens is 4. The molecule has 1 amide bonds. The first-order chi connectivity index (χ1) is 14.4. The molecule has 1 aliphatic rings. The highest BCUT2D eigenvalue weighted by Crippen LogP contribution is 2.30. The highest BCUT2D eigenvalue weighted by atomic mass is 32.1. The molecule has 8 nitrogen and oxygen atoms in total. The van der Waals surface area contributed by atoms with Gasteiger partial charge in [0.05, 0.1) is 11.3 Å². The van der Waals surface area contributed by atoms with Gasteiger partial charge in [0.2, 0.25) is 5.95 Å². The van der Waals surface area contributed by atoms with Crippen LogP contribution in [0.5, 0.6) is 0 Å². The van der Waals surface area contributed by atoms with Gasteiger partial charge < -0.3 is 11.1 Å². The number of anilines is 2. The number of nitrogen functional groups attached to an aromatic ring is 1. The van der Waals surface area contributed by atoms with Gasteiger partial charge in [-0.15, -0.1) is 11.3 Å². The van der Waals surface area contributed by atoms with E-state index < -0.39 is 0 Å². The predicted molar refractivity (Wildman–Crippen MR) is 118 cm³/mol. The first kappa shape index (κ1) is 20.5. The Morgan fingerprint density at radius 3 is 2.83 bits per heavy atom. The molecule has 0 unspecified atom stereocenters. The zero-order valence-corrected chi connectivity index (χ0v) is 18.4. The molecule has 4 rings (SSSR count). The van der Waals surface area contributed by atoms with Crippen LogP contribution in [-0.2, 0) is 33.0 Å². The molecule has 0 saturated carbocycles. The standard InChI is InChI=1S/C21H27N7OS/c1-13(2)6-15-7-19(27(3)26-15)25-20(29)17-12-30-18-11-28(5-4-16(17)18)10-14-8-23-21(22)24-9-14/h7-9,12-13H,4-6,10-11H2,1-3H3,(H,25,29)(H2,22,23,24). The Kier molecular flexibility index (Phi) is 5.83. The molecular formula is C21H27N7OS. The number of carbonyl (C=O) groups excluding carboxylic acids is 1. The van der Waals surface area contributed by atoms with E-state index in [2.05, 4.69) is 39.1 Å². The summed E-state index contributed by atoms with van der Waals surface area (Å²) < 4.78 is 1.74. The number of hydrogen-bond donors (Lipinski definition) is 2. The highest BCUT2D eigenvalue weighted by Gasteiger charge is 2.24. The van der Waals surface area contributed by atoms with Crippen molar-refractivity contribution in [1.82, 2.24) is 24.6 Å². The van der Waals surface area contributed by atoms with E-state index in [1.165, 1.54) is 4.88 Å². The van der Waals surface area contributed by atoms with Crippen LogP contribution in [0, 0.1) is 5.92 Å². The molecule has 9 heteroatoms. The molecule has 0 aromatic carbocycles. The van der Waals surface area contributed by atoms with E-state index in [-0.39, 0.29) is 5.91 Å². The fourth-order valence-corrected chi connectivity index (χ4v) is 4.88. The lowest BCUT2D eigenvalue weighted by Gasteiger charge is -2.27. The van der Waals surface area contributed by atoms with Crippen LogP contribution < -0.4 is 11.1 Å². The van der Waals surface area contributed by atoms with E-state index in [0.717, 1.165) is 60.7 Å². The van der Waals surface area contributed by atoms with Crippen molar-refractivity contribution in [3.63, 3.8) is 0 Å². The summed E-state index contributed by atoms with van der Waals surface area (Å²) >= 11 is 1.65. The number of aryl methyl sites for hydroxylation is 1. The molecule has 0 radical (unpaired) electrons. The predicted octanol–water partition coefficient (Wildman–Crippen LogP) is 2.86. The Morgan fingerprint density at radius 1 is 1.33 bits per heavy atom. The maximum atomic E-state index is 12.9. The Bertz CT molecular complexity index is 1040. The van der Waals surface area contributed by atoms with Gasteiger partial charge in [-0.25, -0.2) is 9.97 Å². The first-order valence-corrected chi connectivity index (χ1v) is 11.0. The van der Waals surface area contributed by atoms with Crippen LogP contribution in [0.1, 0.15) is 45.9 Å². The fourth-order valence-electron chi connectivity index (χ4n) is 3.76. The lowest BCUT2D eigenvalue weighted by Crippen LogP contribution is -2.30. The van der Waals surface area contributed by atoms with Crippen molar-refractivity contribution >= 4 is 29.0 Å². The second-order valence-electron chi connectivity index (χ2n) is 8.16. The molecule has 0 saturated heterocycles. The maximum Gasteiger partial charge on any atom is 0.257 e. The SMILES string of the molecule is CC(C)Cc1cc(NC(=O)c2csc3c2CCN(Cc2cnc(N)nc2)C3)n(C)n1. The minimum atomic E-state index is -0.0630. The summed E-state index contributed by atoms with van der Waals surface area (Å²) in [5, 5.41) is 9.52. The Balaban J connectivity index is 1.43. The van der Waals surface area contributed by atoms with Crippen LogP contribution in [0.2, 0.25) is 0 Å². The van der Waals surface area contributed by atoms with Crippen LogP contribution in [0.15, 0.2) is 23.8 Å². The van der Waals surface area contributed by atoms with Crippen molar-refractivity contribution in [2.75, 3.05) is 17.6 Å². The number of rotatable bonds is 6. The van der Waals surface area contributed by atoms with E-state index in [1.54, 1.807) is 28.4 Å². The number of amides is 1. The van der Waals surface area contributed by atoms with E-state index in [4.69, 9.17) is 5.73 Å². The smallest absolute Gasteiger partial charge is 0.257 e. The quantitative estimate of drug-likeness (QED) is 0.630. The molecule has 0 spiro atoms. The molecule has 0 bridgehead atoms. The van der Waals surface area contributed by atoms with Crippen molar-refractivity contribution in [2.24, 2.45) is 13.0 Å². The zero-order valence-electron chi connectivity index (χ0n) is 17.6. The number of nitrogens with one attached hydrogen (secondary N) is 1. The van der Waals surface area contributed by atoms with Crippen LogP contribution in [-0.4, -0.2) is 37.1 Å².